The molecule has 0 saturated carbocycles. The molecule has 2 N–H and O–H groups in total. The Morgan fingerprint density at radius 2 is 1.68 bits per heavy atom. The molecule has 0 atom stereocenters. The van der Waals surface area contributed by atoms with Crippen LogP contribution in [0.3, 0.4) is 0 Å². The third kappa shape index (κ3) is 4.41. The summed E-state index contributed by atoms with van der Waals surface area (Å²) in [6.45, 7) is 2.31. The monoisotopic (exact) mass is 300 g/mol. The van der Waals surface area contributed by atoms with E-state index in [1.807, 2.05) is 31.2 Å². The molecule has 0 fully saturated rings. The zero-order valence-corrected chi connectivity index (χ0v) is 12.2. The van der Waals surface area contributed by atoms with Crippen LogP contribution in [0.5, 0.6) is 0 Å². The zero-order valence-electron chi connectivity index (χ0n) is 12.2. The first-order valence-corrected chi connectivity index (χ1v) is 6.92. The van der Waals surface area contributed by atoms with E-state index in [4.69, 9.17) is 0 Å². The van der Waals surface area contributed by atoms with Crippen molar-refractivity contribution in [1.82, 2.24) is 5.32 Å². The minimum absolute atomic E-state index is 0.0687. The lowest BCUT2D eigenvalue weighted by Crippen LogP contribution is -2.28. The van der Waals surface area contributed by atoms with Gasteiger partial charge in [0.25, 0.3) is 0 Å². The molecule has 2 rings (SSSR count). The molecule has 0 heterocycles. The molecule has 2 aromatic rings. The SMILES string of the molecule is Cc1ccccc1CNC(=O)CC(=O)Nc1ccccc1F. The third-order valence-electron chi connectivity index (χ3n) is 3.21. The molecule has 0 unspecified atom stereocenters. The Labute approximate surface area is 128 Å². The first-order chi connectivity index (χ1) is 10.6. The summed E-state index contributed by atoms with van der Waals surface area (Å²) >= 11 is 0. The molecule has 0 saturated heterocycles. The van der Waals surface area contributed by atoms with Gasteiger partial charge in [-0.15, -0.1) is 0 Å². The van der Waals surface area contributed by atoms with E-state index < -0.39 is 17.6 Å². The fourth-order valence-corrected chi connectivity index (χ4v) is 1.97. The van der Waals surface area contributed by atoms with Gasteiger partial charge in [-0.05, 0) is 30.2 Å². The van der Waals surface area contributed by atoms with Crippen LogP contribution in [0.1, 0.15) is 17.5 Å². The van der Waals surface area contributed by atoms with Gasteiger partial charge in [-0.2, -0.15) is 0 Å². The van der Waals surface area contributed by atoms with E-state index in [2.05, 4.69) is 10.6 Å². The van der Waals surface area contributed by atoms with E-state index in [1.54, 1.807) is 6.07 Å². The second-order valence-corrected chi connectivity index (χ2v) is 4.91. The molecule has 0 aliphatic carbocycles. The van der Waals surface area contributed by atoms with Gasteiger partial charge >= 0.3 is 0 Å². The molecule has 22 heavy (non-hydrogen) atoms. The van der Waals surface area contributed by atoms with E-state index in [-0.39, 0.29) is 12.1 Å². The van der Waals surface area contributed by atoms with Crippen LogP contribution in [0.4, 0.5) is 10.1 Å². The predicted molar refractivity (Wildman–Crippen MR) is 82.7 cm³/mol. The average molecular weight is 300 g/mol. The van der Waals surface area contributed by atoms with Crippen molar-refractivity contribution < 1.29 is 14.0 Å². The highest BCUT2D eigenvalue weighted by Crippen LogP contribution is 2.12. The molecule has 4 nitrogen and oxygen atoms in total. The van der Waals surface area contributed by atoms with Gasteiger partial charge < -0.3 is 10.6 Å². The molecule has 0 aliphatic rings. The summed E-state index contributed by atoms with van der Waals surface area (Å²) in [5.74, 6) is -1.49. The molecular weight excluding hydrogens is 283 g/mol. The van der Waals surface area contributed by atoms with Gasteiger partial charge in [0.05, 0.1) is 5.69 Å². The van der Waals surface area contributed by atoms with Gasteiger partial charge in [0.15, 0.2) is 0 Å². The van der Waals surface area contributed by atoms with E-state index >= 15 is 0 Å². The molecular formula is C17H17FN2O2. The van der Waals surface area contributed by atoms with Gasteiger partial charge in [0.2, 0.25) is 11.8 Å². The van der Waals surface area contributed by atoms with E-state index in [0.717, 1.165) is 11.1 Å². The quantitative estimate of drug-likeness (QED) is 0.834. The van der Waals surface area contributed by atoms with Gasteiger partial charge in [-0.3, -0.25) is 9.59 Å². The molecule has 2 amide bonds. The van der Waals surface area contributed by atoms with Crippen molar-refractivity contribution in [2.24, 2.45) is 0 Å². The second-order valence-electron chi connectivity index (χ2n) is 4.91. The molecule has 2 aromatic carbocycles. The molecule has 0 aromatic heterocycles. The molecule has 0 radical (unpaired) electrons. The number of para-hydroxylation sites is 1. The molecule has 0 spiro atoms. The molecule has 114 valence electrons. The average Bonchev–Trinajstić information content (AvgIpc) is 2.49. The summed E-state index contributed by atoms with van der Waals surface area (Å²) in [6.07, 6.45) is -0.347. The largest absolute Gasteiger partial charge is 0.352 e. The lowest BCUT2D eigenvalue weighted by molar-refractivity contribution is -0.126. The maximum absolute atomic E-state index is 13.4. The number of aryl methyl sites for hydroxylation is 1. The lowest BCUT2D eigenvalue weighted by atomic mass is 10.1. The number of hydrogen-bond donors (Lipinski definition) is 2. The fraction of sp³-hybridized carbons (Fsp3) is 0.176. The summed E-state index contributed by atoms with van der Waals surface area (Å²) in [5.41, 5.74) is 2.13. The van der Waals surface area contributed by atoms with Crippen LogP contribution >= 0.6 is 0 Å². The van der Waals surface area contributed by atoms with E-state index in [0.29, 0.717) is 6.54 Å². The first-order valence-electron chi connectivity index (χ1n) is 6.92. The van der Waals surface area contributed by atoms with Crippen LogP contribution in [-0.2, 0) is 16.1 Å². The van der Waals surface area contributed by atoms with Crippen molar-refractivity contribution in [3.8, 4) is 0 Å². The topological polar surface area (TPSA) is 58.2 Å². The van der Waals surface area contributed by atoms with Gasteiger partial charge in [-0.1, -0.05) is 36.4 Å². The van der Waals surface area contributed by atoms with Gasteiger partial charge in [-0.25, -0.2) is 4.39 Å². The Morgan fingerprint density at radius 3 is 2.41 bits per heavy atom. The maximum atomic E-state index is 13.4. The zero-order chi connectivity index (χ0) is 15.9. The van der Waals surface area contributed by atoms with Crippen molar-refractivity contribution in [3.63, 3.8) is 0 Å². The third-order valence-corrected chi connectivity index (χ3v) is 3.21. The first kappa shape index (κ1) is 15.7. The van der Waals surface area contributed by atoms with Gasteiger partial charge in [0.1, 0.15) is 12.2 Å². The van der Waals surface area contributed by atoms with Crippen molar-refractivity contribution in [2.75, 3.05) is 5.32 Å². The standard InChI is InChI=1S/C17H17FN2O2/c1-12-6-2-3-7-13(12)11-19-16(21)10-17(22)20-15-9-5-4-8-14(15)18/h2-9H,10-11H2,1H3,(H,19,21)(H,20,22). The molecule has 0 bridgehead atoms. The van der Waals surface area contributed by atoms with Gasteiger partial charge in [0, 0.05) is 6.54 Å². The molecule has 0 aliphatic heterocycles. The number of amides is 2. The Bertz CT molecular complexity index is 686. The summed E-state index contributed by atoms with van der Waals surface area (Å²) in [6, 6.07) is 13.5. The summed E-state index contributed by atoms with van der Waals surface area (Å²) < 4.78 is 13.4. The summed E-state index contributed by atoms with van der Waals surface area (Å²) in [4.78, 5) is 23.5. The number of halogens is 1. The number of nitrogens with one attached hydrogen (secondary N) is 2. The number of rotatable bonds is 5. The Kier molecular flexibility index (Phi) is 5.25. The number of carbonyl (C=O) groups is 2. The van der Waals surface area contributed by atoms with E-state index in [1.165, 1.54) is 18.2 Å². The highest BCUT2D eigenvalue weighted by molar-refractivity contribution is 6.03. The Morgan fingerprint density at radius 1 is 1.00 bits per heavy atom. The number of anilines is 1. The van der Waals surface area contributed by atoms with Crippen LogP contribution in [0.2, 0.25) is 0 Å². The summed E-state index contributed by atoms with van der Waals surface area (Å²) in [5, 5.41) is 5.05. The van der Waals surface area contributed by atoms with Crippen molar-refractivity contribution in [1.29, 1.82) is 0 Å². The van der Waals surface area contributed by atoms with Crippen LogP contribution in [0, 0.1) is 12.7 Å². The lowest BCUT2D eigenvalue weighted by Gasteiger charge is -2.08. The van der Waals surface area contributed by atoms with E-state index in [9.17, 15) is 14.0 Å². The second kappa shape index (κ2) is 7.36. The van der Waals surface area contributed by atoms with Crippen LogP contribution < -0.4 is 10.6 Å². The van der Waals surface area contributed by atoms with Crippen molar-refractivity contribution >= 4 is 17.5 Å². The van der Waals surface area contributed by atoms with Crippen molar-refractivity contribution in [2.45, 2.75) is 19.9 Å². The predicted octanol–water partition coefficient (Wildman–Crippen LogP) is 2.78. The van der Waals surface area contributed by atoms with Crippen LogP contribution in [0.25, 0.3) is 0 Å². The normalized spacial score (nSPS) is 10.1. The minimum atomic E-state index is -0.549. The highest BCUT2D eigenvalue weighted by atomic mass is 19.1. The number of carbonyl (C=O) groups excluding carboxylic acids is 2. The van der Waals surface area contributed by atoms with Crippen LogP contribution in [-0.4, -0.2) is 11.8 Å². The highest BCUT2D eigenvalue weighted by Gasteiger charge is 2.11. The maximum Gasteiger partial charge on any atom is 0.233 e. The summed E-state index contributed by atoms with van der Waals surface area (Å²) in [7, 11) is 0. The molecule has 5 heteroatoms. The minimum Gasteiger partial charge on any atom is -0.352 e. The fourth-order valence-electron chi connectivity index (χ4n) is 1.97. The Balaban J connectivity index is 1.83. The smallest absolute Gasteiger partial charge is 0.233 e. The number of hydrogen-bond acceptors (Lipinski definition) is 2. The van der Waals surface area contributed by atoms with Crippen LogP contribution in [0.15, 0.2) is 48.5 Å². The Hall–Kier alpha value is -2.69. The van der Waals surface area contributed by atoms with Crippen molar-refractivity contribution in [3.05, 3.63) is 65.5 Å². The number of benzene rings is 2.